The molecule has 1 atom stereocenters. The van der Waals surface area contributed by atoms with Gasteiger partial charge in [-0.3, -0.25) is 4.99 Å². The lowest BCUT2D eigenvalue weighted by Gasteiger charge is -2.28. The van der Waals surface area contributed by atoms with Gasteiger partial charge in [0, 0.05) is 18.5 Å². The number of rotatable bonds is 5. The first-order valence-corrected chi connectivity index (χ1v) is 8.45. The van der Waals surface area contributed by atoms with Gasteiger partial charge in [0.25, 0.3) is 0 Å². The fourth-order valence-electron chi connectivity index (χ4n) is 3.91. The molecule has 3 aliphatic rings. The van der Waals surface area contributed by atoms with Gasteiger partial charge in [-0.2, -0.15) is 0 Å². The second kappa shape index (κ2) is 6.71. The van der Waals surface area contributed by atoms with Crippen molar-refractivity contribution in [1.29, 1.82) is 0 Å². The molecule has 0 radical (unpaired) electrons. The predicted octanol–water partition coefficient (Wildman–Crippen LogP) is 4.19. The minimum Gasteiger partial charge on any atom is -0.306 e. The number of fused-ring (bicyclic) bond motifs is 1. The maximum absolute atomic E-state index is 4.42. The van der Waals surface area contributed by atoms with Crippen LogP contribution in [0.25, 0.3) is 0 Å². The molecule has 2 aliphatic carbocycles. The molecule has 1 fully saturated rings. The van der Waals surface area contributed by atoms with E-state index in [1.165, 1.54) is 75.7 Å². The largest absolute Gasteiger partial charge is 0.306 e. The molecule has 0 saturated heterocycles. The summed E-state index contributed by atoms with van der Waals surface area (Å²) in [6.07, 6.45) is 17.7. The molecule has 0 amide bonds. The first-order chi connectivity index (χ1) is 9.81. The van der Waals surface area contributed by atoms with Gasteiger partial charge in [0.1, 0.15) is 0 Å². The maximum atomic E-state index is 4.42. The van der Waals surface area contributed by atoms with Crippen molar-refractivity contribution >= 4 is 5.71 Å². The van der Waals surface area contributed by atoms with Gasteiger partial charge in [0.2, 0.25) is 0 Å². The summed E-state index contributed by atoms with van der Waals surface area (Å²) >= 11 is 0. The third kappa shape index (κ3) is 3.60. The third-order valence-electron chi connectivity index (χ3n) is 5.16. The van der Waals surface area contributed by atoms with Crippen LogP contribution in [0.1, 0.15) is 51.4 Å². The van der Waals surface area contributed by atoms with Crippen LogP contribution < -0.4 is 0 Å². The number of nitrogens with zero attached hydrogens (tertiary/aromatic N) is 2. The Morgan fingerprint density at radius 3 is 2.90 bits per heavy atom. The van der Waals surface area contributed by atoms with Crippen molar-refractivity contribution in [3.05, 3.63) is 23.9 Å². The van der Waals surface area contributed by atoms with Gasteiger partial charge in [-0.15, -0.1) is 0 Å². The zero-order valence-electron chi connectivity index (χ0n) is 12.9. The summed E-state index contributed by atoms with van der Waals surface area (Å²) in [4.78, 5) is 6.99. The van der Waals surface area contributed by atoms with Gasteiger partial charge in [-0.05, 0) is 69.2 Å². The summed E-state index contributed by atoms with van der Waals surface area (Å²) in [5.41, 5.74) is 2.72. The molecule has 110 valence electrons. The SMILES string of the molecule is CN(CCC1C=C2C=CN=C2CC1)CC1CCCCC1. The molecule has 0 aromatic rings. The molecule has 2 nitrogen and oxygen atoms in total. The molecule has 1 heterocycles. The van der Waals surface area contributed by atoms with E-state index in [2.05, 4.69) is 29.1 Å². The highest BCUT2D eigenvalue weighted by Crippen LogP contribution is 2.28. The number of allylic oxidation sites excluding steroid dienone is 3. The average Bonchev–Trinajstić information content (AvgIpc) is 2.93. The number of hydrogen-bond donors (Lipinski definition) is 0. The molecule has 0 spiro atoms. The highest BCUT2D eigenvalue weighted by atomic mass is 15.1. The van der Waals surface area contributed by atoms with Crippen molar-refractivity contribution in [2.75, 3.05) is 20.1 Å². The molecule has 3 rings (SSSR count). The highest BCUT2D eigenvalue weighted by Gasteiger charge is 2.20. The summed E-state index contributed by atoms with van der Waals surface area (Å²) in [6, 6.07) is 0. The van der Waals surface area contributed by atoms with Crippen molar-refractivity contribution in [1.82, 2.24) is 4.90 Å². The molecule has 0 aromatic carbocycles. The van der Waals surface area contributed by atoms with Crippen molar-refractivity contribution in [3.8, 4) is 0 Å². The first-order valence-electron chi connectivity index (χ1n) is 8.45. The Labute approximate surface area is 123 Å². The molecular weight excluding hydrogens is 244 g/mol. The number of aliphatic imine (C=N–C) groups is 1. The van der Waals surface area contributed by atoms with Crippen LogP contribution in [-0.4, -0.2) is 30.7 Å². The van der Waals surface area contributed by atoms with E-state index in [0.29, 0.717) is 0 Å². The smallest absolute Gasteiger partial charge is 0.0473 e. The minimum atomic E-state index is 0.764. The Morgan fingerprint density at radius 1 is 1.20 bits per heavy atom. The van der Waals surface area contributed by atoms with Crippen LogP contribution in [-0.2, 0) is 0 Å². The zero-order valence-corrected chi connectivity index (χ0v) is 12.9. The summed E-state index contributed by atoms with van der Waals surface area (Å²) in [5.74, 6) is 1.73. The van der Waals surface area contributed by atoms with Gasteiger partial charge < -0.3 is 4.90 Å². The van der Waals surface area contributed by atoms with E-state index in [4.69, 9.17) is 0 Å². The van der Waals surface area contributed by atoms with Crippen molar-refractivity contribution in [3.63, 3.8) is 0 Å². The van der Waals surface area contributed by atoms with Gasteiger partial charge in [0.05, 0.1) is 0 Å². The molecule has 2 heteroatoms. The zero-order chi connectivity index (χ0) is 13.8. The molecule has 1 aliphatic heterocycles. The van der Waals surface area contributed by atoms with Gasteiger partial charge in [-0.1, -0.05) is 25.3 Å². The predicted molar refractivity (Wildman–Crippen MR) is 86.1 cm³/mol. The molecule has 0 aromatic heterocycles. The summed E-state index contributed by atoms with van der Waals surface area (Å²) in [5, 5.41) is 0. The molecule has 0 bridgehead atoms. The van der Waals surface area contributed by atoms with E-state index < -0.39 is 0 Å². The van der Waals surface area contributed by atoms with Gasteiger partial charge in [0.15, 0.2) is 0 Å². The van der Waals surface area contributed by atoms with Crippen molar-refractivity contribution in [2.24, 2.45) is 16.8 Å². The van der Waals surface area contributed by atoms with Crippen molar-refractivity contribution in [2.45, 2.75) is 51.4 Å². The fraction of sp³-hybridized carbons (Fsp3) is 0.722. The van der Waals surface area contributed by atoms with Crippen LogP contribution in [0.15, 0.2) is 28.9 Å². The maximum Gasteiger partial charge on any atom is 0.0473 e. The molecular formula is C18H28N2. The molecule has 0 N–H and O–H groups in total. The van der Waals surface area contributed by atoms with E-state index in [-0.39, 0.29) is 0 Å². The first kappa shape index (κ1) is 14.1. The monoisotopic (exact) mass is 272 g/mol. The number of hydrogen-bond acceptors (Lipinski definition) is 2. The topological polar surface area (TPSA) is 15.6 Å². The lowest BCUT2D eigenvalue weighted by molar-refractivity contribution is 0.225. The van der Waals surface area contributed by atoms with E-state index in [9.17, 15) is 0 Å². The normalized spacial score (nSPS) is 26.6. The minimum absolute atomic E-state index is 0.764. The van der Waals surface area contributed by atoms with E-state index >= 15 is 0 Å². The van der Waals surface area contributed by atoms with Crippen LogP contribution in [0.4, 0.5) is 0 Å². The van der Waals surface area contributed by atoms with Crippen LogP contribution in [0.3, 0.4) is 0 Å². The summed E-state index contributed by atoms with van der Waals surface area (Å²) < 4.78 is 0. The molecule has 1 saturated carbocycles. The Morgan fingerprint density at radius 2 is 2.05 bits per heavy atom. The van der Waals surface area contributed by atoms with Crippen LogP contribution >= 0.6 is 0 Å². The van der Waals surface area contributed by atoms with E-state index in [1.54, 1.807) is 0 Å². The van der Waals surface area contributed by atoms with Crippen LogP contribution in [0.5, 0.6) is 0 Å². The fourth-order valence-corrected chi connectivity index (χ4v) is 3.91. The quantitative estimate of drug-likeness (QED) is 0.732. The highest BCUT2D eigenvalue weighted by molar-refractivity contribution is 6.05. The summed E-state index contributed by atoms with van der Waals surface area (Å²) in [7, 11) is 2.31. The van der Waals surface area contributed by atoms with Crippen LogP contribution in [0, 0.1) is 11.8 Å². The standard InChI is InChI=1S/C18H28N2/c1-20(14-16-5-3-2-4-6-16)12-10-15-7-8-18-17(13-15)9-11-19-18/h9,11,13,15-16H,2-8,10,12,14H2,1H3. The third-order valence-corrected chi connectivity index (χ3v) is 5.16. The van der Waals surface area contributed by atoms with Crippen LogP contribution in [0.2, 0.25) is 0 Å². The Kier molecular flexibility index (Phi) is 4.72. The van der Waals surface area contributed by atoms with E-state index in [0.717, 1.165) is 11.8 Å². The Hall–Kier alpha value is -0.890. The Bertz CT molecular complexity index is 413. The average molecular weight is 272 g/mol. The molecule has 20 heavy (non-hydrogen) atoms. The summed E-state index contributed by atoms with van der Waals surface area (Å²) in [6.45, 7) is 2.57. The lowest BCUT2D eigenvalue weighted by Crippen LogP contribution is -2.29. The molecule has 1 unspecified atom stereocenters. The lowest BCUT2D eigenvalue weighted by atomic mass is 9.87. The van der Waals surface area contributed by atoms with Crippen molar-refractivity contribution < 1.29 is 0 Å². The van der Waals surface area contributed by atoms with E-state index in [1.807, 2.05) is 6.20 Å². The second-order valence-electron chi connectivity index (χ2n) is 6.87. The second-order valence-corrected chi connectivity index (χ2v) is 6.87. The Balaban J connectivity index is 1.41. The van der Waals surface area contributed by atoms with Gasteiger partial charge in [-0.25, -0.2) is 0 Å². The van der Waals surface area contributed by atoms with Gasteiger partial charge >= 0.3 is 0 Å².